The maximum Gasteiger partial charge on any atom is 0.180 e. The van der Waals surface area contributed by atoms with Crippen molar-refractivity contribution in [3.05, 3.63) is 24.3 Å². The summed E-state index contributed by atoms with van der Waals surface area (Å²) in [6.07, 6.45) is 2.94. The van der Waals surface area contributed by atoms with Crippen molar-refractivity contribution >= 4 is 15.5 Å². The fourth-order valence-electron chi connectivity index (χ4n) is 2.60. The summed E-state index contributed by atoms with van der Waals surface area (Å²) in [6, 6.07) is 7.24. The number of benzene rings is 1. The Morgan fingerprint density at radius 1 is 1.25 bits per heavy atom. The van der Waals surface area contributed by atoms with Gasteiger partial charge in [0.25, 0.3) is 0 Å². The summed E-state index contributed by atoms with van der Waals surface area (Å²) in [7, 11) is -3.17. The number of nitrogens with one attached hydrogen (secondary N) is 2. The molecule has 0 aromatic heterocycles. The first kappa shape index (κ1) is 15.3. The van der Waals surface area contributed by atoms with Gasteiger partial charge in [-0.05, 0) is 50.4 Å². The maximum atomic E-state index is 12.3. The van der Waals surface area contributed by atoms with Crippen LogP contribution in [-0.2, 0) is 9.84 Å². The van der Waals surface area contributed by atoms with Crippen molar-refractivity contribution in [2.24, 2.45) is 5.92 Å². The molecule has 0 saturated carbocycles. The van der Waals surface area contributed by atoms with E-state index in [0.29, 0.717) is 17.2 Å². The Morgan fingerprint density at radius 2 is 1.95 bits per heavy atom. The minimum Gasteiger partial charge on any atom is -0.384 e. The standard InChI is InChI=1S/C15H24N2O2S/c1-2-11-20(18,19)15-6-4-3-5-14(15)17-12-13-7-9-16-10-8-13/h3-6,13,16-17H,2,7-12H2,1H3. The highest BCUT2D eigenvalue weighted by Gasteiger charge is 2.18. The number of hydrogen-bond acceptors (Lipinski definition) is 4. The van der Waals surface area contributed by atoms with Crippen LogP contribution in [0.4, 0.5) is 5.69 Å². The fourth-order valence-corrected chi connectivity index (χ4v) is 4.12. The van der Waals surface area contributed by atoms with Crippen LogP contribution >= 0.6 is 0 Å². The van der Waals surface area contributed by atoms with E-state index in [1.807, 2.05) is 19.1 Å². The van der Waals surface area contributed by atoms with Crippen LogP contribution in [0.15, 0.2) is 29.2 Å². The third kappa shape index (κ3) is 3.96. The summed E-state index contributed by atoms with van der Waals surface area (Å²) >= 11 is 0. The molecule has 0 spiro atoms. The lowest BCUT2D eigenvalue weighted by atomic mass is 9.98. The van der Waals surface area contributed by atoms with Crippen molar-refractivity contribution in [1.82, 2.24) is 5.32 Å². The molecule has 2 rings (SSSR count). The van der Waals surface area contributed by atoms with E-state index in [1.54, 1.807) is 12.1 Å². The van der Waals surface area contributed by atoms with Crippen LogP contribution < -0.4 is 10.6 Å². The summed E-state index contributed by atoms with van der Waals surface area (Å²) in [5.41, 5.74) is 0.750. The highest BCUT2D eigenvalue weighted by atomic mass is 32.2. The van der Waals surface area contributed by atoms with Crippen molar-refractivity contribution in [2.75, 3.05) is 30.7 Å². The summed E-state index contributed by atoms with van der Waals surface area (Å²) in [4.78, 5) is 0.441. The van der Waals surface area contributed by atoms with Crippen LogP contribution in [0.25, 0.3) is 0 Å². The van der Waals surface area contributed by atoms with Gasteiger partial charge in [-0.3, -0.25) is 0 Å². The third-order valence-electron chi connectivity index (χ3n) is 3.73. The van der Waals surface area contributed by atoms with Gasteiger partial charge in [0.2, 0.25) is 0 Å². The van der Waals surface area contributed by atoms with Crippen molar-refractivity contribution in [2.45, 2.75) is 31.1 Å². The lowest BCUT2D eigenvalue weighted by molar-refractivity contribution is 0.389. The van der Waals surface area contributed by atoms with Gasteiger partial charge in [-0.25, -0.2) is 8.42 Å². The Hall–Kier alpha value is -1.07. The average molecular weight is 296 g/mol. The summed E-state index contributed by atoms with van der Waals surface area (Å²) in [5, 5.41) is 6.68. The first-order valence-corrected chi connectivity index (χ1v) is 9.05. The minimum absolute atomic E-state index is 0.207. The molecule has 0 aliphatic carbocycles. The number of para-hydroxylation sites is 1. The number of sulfone groups is 1. The molecule has 112 valence electrons. The van der Waals surface area contributed by atoms with E-state index >= 15 is 0 Å². The van der Waals surface area contributed by atoms with E-state index in [9.17, 15) is 8.42 Å². The van der Waals surface area contributed by atoms with E-state index in [-0.39, 0.29) is 5.75 Å². The predicted octanol–water partition coefficient (Wildman–Crippen LogP) is 2.28. The van der Waals surface area contributed by atoms with Gasteiger partial charge in [0.15, 0.2) is 9.84 Å². The normalized spacial score (nSPS) is 17.1. The topological polar surface area (TPSA) is 58.2 Å². The van der Waals surface area contributed by atoms with E-state index in [4.69, 9.17) is 0 Å². The van der Waals surface area contributed by atoms with Crippen molar-refractivity contribution in [1.29, 1.82) is 0 Å². The van der Waals surface area contributed by atoms with E-state index in [0.717, 1.165) is 38.2 Å². The van der Waals surface area contributed by atoms with Crippen LogP contribution in [0, 0.1) is 5.92 Å². The van der Waals surface area contributed by atoms with Crippen molar-refractivity contribution < 1.29 is 8.42 Å². The largest absolute Gasteiger partial charge is 0.384 e. The Bertz CT molecular complexity index is 522. The average Bonchev–Trinajstić information content (AvgIpc) is 2.46. The van der Waals surface area contributed by atoms with Gasteiger partial charge in [0, 0.05) is 6.54 Å². The maximum absolute atomic E-state index is 12.3. The first-order valence-electron chi connectivity index (χ1n) is 7.40. The van der Waals surface area contributed by atoms with Crippen molar-refractivity contribution in [3.63, 3.8) is 0 Å². The van der Waals surface area contributed by atoms with Gasteiger partial charge < -0.3 is 10.6 Å². The van der Waals surface area contributed by atoms with Gasteiger partial charge >= 0.3 is 0 Å². The Balaban J connectivity index is 2.07. The molecule has 1 aliphatic heterocycles. The molecule has 0 amide bonds. The third-order valence-corrected chi connectivity index (χ3v) is 5.71. The number of piperidine rings is 1. The molecule has 20 heavy (non-hydrogen) atoms. The molecule has 4 nitrogen and oxygen atoms in total. The minimum atomic E-state index is -3.17. The summed E-state index contributed by atoms with van der Waals surface area (Å²) in [6.45, 7) is 4.85. The molecule has 1 fully saturated rings. The highest BCUT2D eigenvalue weighted by molar-refractivity contribution is 7.91. The van der Waals surface area contributed by atoms with Gasteiger partial charge in [0.05, 0.1) is 16.3 Å². The van der Waals surface area contributed by atoms with Gasteiger partial charge in [-0.2, -0.15) is 0 Å². The smallest absolute Gasteiger partial charge is 0.180 e. The van der Waals surface area contributed by atoms with E-state index < -0.39 is 9.84 Å². The molecule has 1 saturated heterocycles. The quantitative estimate of drug-likeness (QED) is 0.845. The molecule has 1 heterocycles. The highest BCUT2D eigenvalue weighted by Crippen LogP contribution is 2.23. The number of rotatable bonds is 6. The molecule has 5 heteroatoms. The first-order chi connectivity index (χ1) is 9.63. The molecule has 1 aliphatic rings. The van der Waals surface area contributed by atoms with Gasteiger partial charge in [0.1, 0.15) is 0 Å². The summed E-state index contributed by atoms with van der Waals surface area (Å²) < 4.78 is 24.5. The zero-order chi connectivity index (χ0) is 14.4. The predicted molar refractivity (Wildman–Crippen MR) is 82.9 cm³/mol. The molecule has 2 N–H and O–H groups in total. The van der Waals surface area contributed by atoms with Crippen LogP contribution in [0.3, 0.4) is 0 Å². The van der Waals surface area contributed by atoms with Crippen LogP contribution in [-0.4, -0.2) is 33.8 Å². The Labute approximate surface area is 121 Å². The second-order valence-corrected chi connectivity index (χ2v) is 7.47. The van der Waals surface area contributed by atoms with Gasteiger partial charge in [-0.15, -0.1) is 0 Å². The Kier molecular flexibility index (Phi) is 5.43. The van der Waals surface area contributed by atoms with Gasteiger partial charge in [-0.1, -0.05) is 19.1 Å². The Morgan fingerprint density at radius 3 is 2.65 bits per heavy atom. The molecule has 0 atom stereocenters. The molecule has 0 unspecified atom stereocenters. The van der Waals surface area contributed by atoms with Crippen LogP contribution in [0.1, 0.15) is 26.2 Å². The fraction of sp³-hybridized carbons (Fsp3) is 0.600. The zero-order valence-corrected chi connectivity index (χ0v) is 12.9. The lowest BCUT2D eigenvalue weighted by Crippen LogP contribution is -2.31. The lowest BCUT2D eigenvalue weighted by Gasteiger charge is -2.23. The monoisotopic (exact) mass is 296 g/mol. The molecular weight excluding hydrogens is 272 g/mol. The molecule has 1 aromatic rings. The molecule has 1 aromatic carbocycles. The summed E-state index contributed by atoms with van der Waals surface area (Å²) in [5.74, 6) is 0.831. The molecule has 0 bridgehead atoms. The van der Waals surface area contributed by atoms with E-state index in [2.05, 4.69) is 10.6 Å². The van der Waals surface area contributed by atoms with Crippen LogP contribution in [0.5, 0.6) is 0 Å². The number of hydrogen-bond donors (Lipinski definition) is 2. The molecule has 0 radical (unpaired) electrons. The SMILES string of the molecule is CCCS(=O)(=O)c1ccccc1NCC1CCNCC1. The second-order valence-electron chi connectivity index (χ2n) is 5.39. The van der Waals surface area contributed by atoms with Crippen molar-refractivity contribution in [3.8, 4) is 0 Å². The van der Waals surface area contributed by atoms with E-state index in [1.165, 1.54) is 0 Å². The zero-order valence-electron chi connectivity index (χ0n) is 12.1. The molecular formula is C15H24N2O2S. The number of anilines is 1. The van der Waals surface area contributed by atoms with Crippen LogP contribution in [0.2, 0.25) is 0 Å². The second kappa shape index (κ2) is 7.09.